The third-order valence-electron chi connectivity index (χ3n) is 2.84. The molecule has 0 fully saturated rings. The van der Waals surface area contributed by atoms with E-state index >= 15 is 0 Å². The van der Waals surface area contributed by atoms with E-state index in [9.17, 15) is 9.36 Å². The largest absolute Gasteiger partial charge is 0.475 e. The van der Waals surface area contributed by atoms with Gasteiger partial charge in [-0.25, -0.2) is 4.57 Å². The van der Waals surface area contributed by atoms with Gasteiger partial charge in [0.15, 0.2) is 5.78 Å². The van der Waals surface area contributed by atoms with Crippen LogP contribution in [0, 0.1) is 0 Å². The number of Topliss-reactive ketones (excluding diaryl/α,β-unsaturated/α-hetero) is 1. The minimum atomic E-state index is -3.51. The highest BCUT2D eigenvalue weighted by Gasteiger charge is 2.24. The van der Waals surface area contributed by atoms with Crippen LogP contribution in [0.15, 0.2) is 28.7 Å². The number of benzene rings is 1. The molecule has 1 aromatic rings. The molecule has 1 rings (SSSR count). The molecule has 0 bridgehead atoms. The molecule has 0 saturated carbocycles. The summed E-state index contributed by atoms with van der Waals surface area (Å²) in [4.78, 5) is 11.9. The zero-order chi connectivity index (χ0) is 17.3. The number of hydrogen-bond acceptors (Lipinski definition) is 5. The molecular formula is C16H22BrO5P. The smallest absolute Gasteiger partial charge is 0.294 e. The Kier molecular flexibility index (Phi) is 8.95. The predicted octanol–water partition coefficient (Wildman–Crippen LogP) is 5.25. The van der Waals surface area contributed by atoms with Crippen molar-refractivity contribution in [1.29, 1.82) is 0 Å². The molecule has 0 unspecified atom stereocenters. The third-order valence-corrected chi connectivity index (χ3v) is 4.94. The summed E-state index contributed by atoms with van der Waals surface area (Å²) in [6.45, 7) is 5.79. The van der Waals surface area contributed by atoms with E-state index in [1.165, 1.54) is 0 Å². The van der Waals surface area contributed by atoms with Gasteiger partial charge >= 0.3 is 7.82 Å². The second-order valence-corrected chi connectivity index (χ2v) is 7.07. The van der Waals surface area contributed by atoms with Crippen LogP contribution in [-0.2, 0) is 18.1 Å². The van der Waals surface area contributed by atoms with Crippen molar-refractivity contribution in [3.05, 3.63) is 39.9 Å². The van der Waals surface area contributed by atoms with Crippen LogP contribution < -0.4 is 0 Å². The molecule has 23 heavy (non-hydrogen) atoms. The van der Waals surface area contributed by atoms with Crippen LogP contribution in [0.2, 0.25) is 0 Å². The molecule has 7 heteroatoms. The first-order chi connectivity index (χ1) is 11.0. The van der Waals surface area contributed by atoms with Gasteiger partial charge in [-0.1, -0.05) is 35.0 Å². The fraction of sp³-hybridized carbons (Fsp3) is 0.438. The average molecular weight is 405 g/mol. The van der Waals surface area contributed by atoms with E-state index in [0.29, 0.717) is 12.0 Å². The van der Waals surface area contributed by atoms with E-state index in [1.54, 1.807) is 32.1 Å². The Hall–Kier alpha value is -0.780. The molecule has 0 aliphatic carbocycles. The van der Waals surface area contributed by atoms with E-state index in [2.05, 4.69) is 15.9 Å². The van der Waals surface area contributed by atoms with Gasteiger partial charge in [0.2, 0.25) is 0 Å². The number of rotatable bonds is 10. The van der Waals surface area contributed by atoms with Crippen LogP contribution in [0.4, 0.5) is 0 Å². The second-order valence-electron chi connectivity index (χ2n) is 4.49. The molecule has 0 aliphatic rings. The molecule has 0 amide bonds. The zero-order valence-corrected chi connectivity index (χ0v) is 16.1. The maximum atomic E-state index is 12.1. The zero-order valence-electron chi connectivity index (χ0n) is 13.6. The molecule has 0 aromatic heterocycles. The monoisotopic (exact) mass is 404 g/mol. The molecule has 0 aliphatic heterocycles. The molecule has 128 valence electrons. The van der Waals surface area contributed by atoms with Gasteiger partial charge in [-0.3, -0.25) is 18.4 Å². The molecule has 1 aromatic carbocycles. The van der Waals surface area contributed by atoms with Crippen molar-refractivity contribution >= 4 is 35.6 Å². The van der Waals surface area contributed by atoms with E-state index in [0.717, 1.165) is 10.0 Å². The lowest BCUT2D eigenvalue weighted by molar-refractivity contribution is 0.0987. The van der Waals surface area contributed by atoms with Crippen LogP contribution >= 0.6 is 23.8 Å². The fourth-order valence-corrected chi connectivity index (χ4v) is 3.36. The third kappa shape index (κ3) is 6.69. The normalized spacial score (nSPS) is 12.0. The summed E-state index contributed by atoms with van der Waals surface area (Å²) in [7, 11) is -3.51. The summed E-state index contributed by atoms with van der Waals surface area (Å²) in [6, 6.07) is 5.46. The first-order valence-electron chi connectivity index (χ1n) is 7.48. The summed E-state index contributed by atoms with van der Waals surface area (Å²) in [6.07, 6.45) is 3.87. The summed E-state index contributed by atoms with van der Waals surface area (Å²) in [5.41, 5.74) is 1.42. The molecule has 0 N–H and O–H groups in total. The number of ketones is 1. The van der Waals surface area contributed by atoms with E-state index in [4.69, 9.17) is 13.6 Å². The van der Waals surface area contributed by atoms with E-state index in [1.807, 2.05) is 19.1 Å². The number of carbonyl (C=O) groups excluding carboxylic acids is 1. The Morgan fingerprint density at radius 3 is 2.39 bits per heavy atom. The Labute approximate surface area is 145 Å². The van der Waals surface area contributed by atoms with Gasteiger partial charge < -0.3 is 0 Å². The van der Waals surface area contributed by atoms with Gasteiger partial charge in [-0.2, -0.15) is 0 Å². The maximum absolute atomic E-state index is 12.1. The number of halogens is 1. The highest BCUT2D eigenvalue weighted by molar-refractivity contribution is 9.10. The lowest BCUT2D eigenvalue weighted by Crippen LogP contribution is -2.01. The molecular weight excluding hydrogens is 383 g/mol. The molecule has 0 spiro atoms. The van der Waals surface area contributed by atoms with Crippen LogP contribution in [0.3, 0.4) is 0 Å². The number of phosphoric acid groups is 1. The molecule has 5 nitrogen and oxygen atoms in total. The van der Waals surface area contributed by atoms with E-state index < -0.39 is 7.82 Å². The second kappa shape index (κ2) is 10.2. The highest BCUT2D eigenvalue weighted by atomic mass is 79.9. The number of phosphoric ester groups is 1. The summed E-state index contributed by atoms with van der Waals surface area (Å²) in [5.74, 6) is 0.0624. The topological polar surface area (TPSA) is 61.8 Å². The Bertz CT molecular complexity index is 590. The van der Waals surface area contributed by atoms with Crippen molar-refractivity contribution in [2.24, 2.45) is 0 Å². The Morgan fingerprint density at radius 2 is 1.83 bits per heavy atom. The summed E-state index contributed by atoms with van der Waals surface area (Å²) in [5, 5.41) is 0. The van der Waals surface area contributed by atoms with Crippen molar-refractivity contribution in [3.8, 4) is 0 Å². The summed E-state index contributed by atoms with van der Waals surface area (Å²) < 4.78 is 28.3. The molecule has 0 saturated heterocycles. The van der Waals surface area contributed by atoms with Gasteiger partial charge in [0.05, 0.1) is 19.8 Å². The average Bonchev–Trinajstić information content (AvgIpc) is 2.51. The van der Waals surface area contributed by atoms with Crippen molar-refractivity contribution in [2.45, 2.75) is 27.2 Å². The van der Waals surface area contributed by atoms with Crippen molar-refractivity contribution in [2.75, 3.05) is 19.8 Å². The minimum Gasteiger partial charge on any atom is -0.294 e. The van der Waals surface area contributed by atoms with Crippen LogP contribution in [-0.4, -0.2) is 25.6 Å². The minimum absolute atomic E-state index is 0.0591. The highest BCUT2D eigenvalue weighted by Crippen LogP contribution is 2.49. The Morgan fingerprint density at radius 1 is 1.17 bits per heavy atom. The maximum Gasteiger partial charge on any atom is 0.475 e. The first kappa shape index (κ1) is 20.3. The molecule has 0 heterocycles. The SMILES string of the molecule is CCOP(=O)(OCC)OC/C=C/c1cc(Br)ccc1C(=O)CC. The molecule has 0 atom stereocenters. The number of hydrogen-bond donors (Lipinski definition) is 0. The van der Waals surface area contributed by atoms with Crippen molar-refractivity contribution in [1.82, 2.24) is 0 Å². The quantitative estimate of drug-likeness (QED) is 0.393. The van der Waals surface area contributed by atoms with Crippen LogP contribution in [0.25, 0.3) is 6.08 Å². The Balaban J connectivity index is 2.79. The van der Waals surface area contributed by atoms with Gasteiger partial charge in [0, 0.05) is 16.5 Å². The van der Waals surface area contributed by atoms with Gasteiger partial charge in [0.25, 0.3) is 0 Å². The molecule has 0 radical (unpaired) electrons. The van der Waals surface area contributed by atoms with Gasteiger partial charge in [-0.05, 0) is 37.6 Å². The lowest BCUT2D eigenvalue weighted by Gasteiger charge is -2.15. The van der Waals surface area contributed by atoms with Gasteiger partial charge in [0.1, 0.15) is 0 Å². The van der Waals surface area contributed by atoms with Crippen LogP contribution in [0.1, 0.15) is 43.1 Å². The van der Waals surface area contributed by atoms with E-state index in [-0.39, 0.29) is 25.6 Å². The van der Waals surface area contributed by atoms with Crippen LogP contribution in [0.5, 0.6) is 0 Å². The summed E-state index contributed by atoms with van der Waals surface area (Å²) >= 11 is 3.39. The number of carbonyl (C=O) groups is 1. The predicted molar refractivity (Wildman–Crippen MR) is 94.6 cm³/mol. The fourth-order valence-electron chi connectivity index (χ4n) is 1.85. The lowest BCUT2D eigenvalue weighted by atomic mass is 10.0. The standard InChI is InChI=1S/C16H22BrO5P/c1-4-16(18)15-10-9-14(17)12-13(15)8-7-11-22-23(19,20-5-2)21-6-3/h7-10,12H,4-6,11H2,1-3H3/b8-7+. The van der Waals surface area contributed by atoms with Crippen molar-refractivity contribution in [3.63, 3.8) is 0 Å². The van der Waals surface area contributed by atoms with Crippen molar-refractivity contribution < 1.29 is 22.9 Å². The first-order valence-corrected chi connectivity index (χ1v) is 9.74. The van der Waals surface area contributed by atoms with Gasteiger partial charge in [-0.15, -0.1) is 0 Å².